The molecule has 0 aromatic carbocycles. The molecule has 2 saturated heterocycles. The molecule has 0 radical (unpaired) electrons. The maximum atomic E-state index is 4.79. The Morgan fingerprint density at radius 3 is 2.56 bits per heavy atom. The van der Waals surface area contributed by atoms with Crippen molar-refractivity contribution < 1.29 is 4.63 Å². The van der Waals surface area contributed by atoms with Crippen molar-refractivity contribution in [2.75, 3.05) is 6.54 Å². The minimum atomic E-state index is 0.685. The first-order chi connectivity index (χ1) is 8.76. The van der Waals surface area contributed by atoms with E-state index in [1.807, 2.05) is 6.92 Å². The van der Waals surface area contributed by atoms with E-state index < -0.39 is 0 Å². The molecule has 0 spiro atoms. The van der Waals surface area contributed by atoms with Gasteiger partial charge in [0.15, 0.2) is 0 Å². The highest BCUT2D eigenvalue weighted by molar-refractivity contribution is 5.05. The molecule has 0 aliphatic carbocycles. The van der Waals surface area contributed by atoms with Crippen LogP contribution >= 0.6 is 0 Å². The van der Waals surface area contributed by atoms with Gasteiger partial charge >= 0.3 is 0 Å². The van der Waals surface area contributed by atoms with Crippen LogP contribution in [0, 0.1) is 6.92 Å². The van der Waals surface area contributed by atoms with E-state index in [9.17, 15) is 0 Å². The number of piperidine rings is 1. The van der Waals surface area contributed by atoms with E-state index in [0.29, 0.717) is 6.04 Å². The summed E-state index contributed by atoms with van der Waals surface area (Å²) in [6.45, 7) is 6.13. The molecule has 5 heteroatoms. The van der Waals surface area contributed by atoms with Crippen LogP contribution in [0.25, 0.3) is 0 Å². The van der Waals surface area contributed by atoms with Crippen molar-refractivity contribution >= 4 is 0 Å². The Balaban J connectivity index is 1.67. The van der Waals surface area contributed by atoms with Gasteiger partial charge in [0.2, 0.25) is 0 Å². The van der Waals surface area contributed by atoms with Crippen molar-refractivity contribution in [1.29, 1.82) is 0 Å². The van der Waals surface area contributed by atoms with E-state index in [1.165, 1.54) is 25.7 Å². The Morgan fingerprint density at radius 1 is 1.28 bits per heavy atom. The summed E-state index contributed by atoms with van der Waals surface area (Å²) in [6.07, 6.45) is 5.25. The average Bonchev–Trinajstić information content (AvgIpc) is 2.92. The average molecular weight is 250 g/mol. The SMILES string of the molecule is CCN(Cc1nonc1C)C1CC2CCC(C1)N2. The number of nitrogens with one attached hydrogen (secondary N) is 1. The van der Waals surface area contributed by atoms with Gasteiger partial charge in [-0.25, -0.2) is 4.63 Å². The second-order valence-electron chi connectivity index (χ2n) is 5.62. The summed E-state index contributed by atoms with van der Waals surface area (Å²) in [5.74, 6) is 0. The molecule has 2 bridgehead atoms. The van der Waals surface area contributed by atoms with E-state index in [-0.39, 0.29) is 0 Å². The summed E-state index contributed by atoms with van der Waals surface area (Å²) < 4.78 is 4.79. The van der Waals surface area contributed by atoms with Crippen molar-refractivity contribution in [3.05, 3.63) is 11.4 Å². The second-order valence-corrected chi connectivity index (χ2v) is 5.62. The van der Waals surface area contributed by atoms with Crippen LogP contribution in [0.2, 0.25) is 0 Å². The van der Waals surface area contributed by atoms with Crippen molar-refractivity contribution in [3.8, 4) is 0 Å². The van der Waals surface area contributed by atoms with Gasteiger partial charge in [-0.1, -0.05) is 17.2 Å². The van der Waals surface area contributed by atoms with Crippen LogP contribution in [0.5, 0.6) is 0 Å². The molecule has 2 fully saturated rings. The fraction of sp³-hybridized carbons (Fsp3) is 0.846. The van der Waals surface area contributed by atoms with E-state index in [2.05, 4.69) is 27.5 Å². The van der Waals surface area contributed by atoms with Crippen LogP contribution in [0.4, 0.5) is 0 Å². The van der Waals surface area contributed by atoms with Gasteiger partial charge < -0.3 is 5.32 Å². The molecule has 5 nitrogen and oxygen atoms in total. The van der Waals surface area contributed by atoms with Gasteiger partial charge in [0.1, 0.15) is 11.4 Å². The zero-order chi connectivity index (χ0) is 12.5. The Kier molecular flexibility index (Phi) is 3.35. The Morgan fingerprint density at radius 2 is 2.00 bits per heavy atom. The van der Waals surface area contributed by atoms with Crippen molar-refractivity contribution in [3.63, 3.8) is 0 Å². The third-order valence-electron chi connectivity index (χ3n) is 4.47. The molecular formula is C13H22N4O. The molecule has 2 aliphatic rings. The standard InChI is InChI=1S/C13H22N4O/c1-3-17(8-13-9(2)15-18-16-13)12-6-10-4-5-11(7-12)14-10/h10-12,14H,3-8H2,1-2H3. The van der Waals surface area contributed by atoms with Crippen LogP contribution in [-0.4, -0.2) is 39.9 Å². The monoisotopic (exact) mass is 250 g/mol. The predicted octanol–water partition coefficient (Wildman–Crippen LogP) is 1.48. The molecule has 1 N–H and O–H groups in total. The summed E-state index contributed by atoms with van der Waals surface area (Å²) in [7, 11) is 0. The first-order valence-corrected chi connectivity index (χ1v) is 7.04. The molecular weight excluding hydrogens is 228 g/mol. The van der Waals surface area contributed by atoms with E-state index in [0.717, 1.165) is 36.6 Å². The number of nitrogens with zero attached hydrogens (tertiary/aromatic N) is 3. The number of aryl methyl sites for hydroxylation is 1. The lowest BCUT2D eigenvalue weighted by atomic mass is 9.98. The predicted molar refractivity (Wildman–Crippen MR) is 68.1 cm³/mol. The topological polar surface area (TPSA) is 54.2 Å². The lowest BCUT2D eigenvalue weighted by Crippen LogP contribution is -2.48. The quantitative estimate of drug-likeness (QED) is 0.877. The van der Waals surface area contributed by atoms with Gasteiger partial charge in [0, 0.05) is 24.7 Å². The maximum absolute atomic E-state index is 4.79. The number of aromatic nitrogens is 2. The van der Waals surface area contributed by atoms with Gasteiger partial charge in [0.25, 0.3) is 0 Å². The van der Waals surface area contributed by atoms with Crippen molar-refractivity contribution in [2.24, 2.45) is 0 Å². The van der Waals surface area contributed by atoms with Crippen molar-refractivity contribution in [1.82, 2.24) is 20.5 Å². The first kappa shape index (κ1) is 12.1. The zero-order valence-electron chi connectivity index (χ0n) is 11.2. The molecule has 1 aromatic rings. The summed E-state index contributed by atoms with van der Waals surface area (Å²) in [6, 6.07) is 2.16. The fourth-order valence-corrected chi connectivity index (χ4v) is 3.41. The summed E-state index contributed by atoms with van der Waals surface area (Å²) in [5, 5.41) is 11.6. The van der Waals surface area contributed by atoms with Crippen LogP contribution in [0.3, 0.4) is 0 Å². The van der Waals surface area contributed by atoms with Gasteiger partial charge in [-0.2, -0.15) is 0 Å². The number of hydrogen-bond acceptors (Lipinski definition) is 5. The van der Waals surface area contributed by atoms with Crippen molar-refractivity contribution in [2.45, 2.75) is 64.2 Å². The smallest absolute Gasteiger partial charge is 0.122 e. The molecule has 0 amide bonds. The first-order valence-electron chi connectivity index (χ1n) is 7.04. The molecule has 18 heavy (non-hydrogen) atoms. The minimum absolute atomic E-state index is 0.685. The van der Waals surface area contributed by atoms with Gasteiger partial charge in [-0.3, -0.25) is 4.90 Å². The molecule has 3 heterocycles. The van der Waals surface area contributed by atoms with Crippen LogP contribution < -0.4 is 5.32 Å². The number of fused-ring (bicyclic) bond motifs is 2. The molecule has 2 atom stereocenters. The molecule has 100 valence electrons. The Hall–Kier alpha value is -0.940. The van der Waals surface area contributed by atoms with E-state index in [1.54, 1.807) is 0 Å². The fourth-order valence-electron chi connectivity index (χ4n) is 3.41. The number of rotatable bonds is 4. The molecule has 3 rings (SSSR count). The highest BCUT2D eigenvalue weighted by atomic mass is 16.6. The third kappa shape index (κ3) is 2.29. The maximum Gasteiger partial charge on any atom is 0.122 e. The highest BCUT2D eigenvalue weighted by Crippen LogP contribution is 2.30. The molecule has 2 aliphatic heterocycles. The largest absolute Gasteiger partial charge is 0.311 e. The zero-order valence-corrected chi connectivity index (χ0v) is 11.2. The van der Waals surface area contributed by atoms with Crippen LogP contribution in [0.15, 0.2) is 4.63 Å². The molecule has 2 unspecified atom stereocenters. The third-order valence-corrected chi connectivity index (χ3v) is 4.47. The molecule has 1 aromatic heterocycles. The highest BCUT2D eigenvalue weighted by Gasteiger charge is 2.35. The van der Waals surface area contributed by atoms with Crippen LogP contribution in [-0.2, 0) is 6.54 Å². The molecule has 0 saturated carbocycles. The number of hydrogen-bond donors (Lipinski definition) is 1. The summed E-state index contributed by atoms with van der Waals surface area (Å²) in [5.41, 5.74) is 1.91. The Bertz CT molecular complexity index is 393. The van der Waals surface area contributed by atoms with Gasteiger partial charge in [0.05, 0.1) is 0 Å². The van der Waals surface area contributed by atoms with Gasteiger partial charge in [-0.15, -0.1) is 0 Å². The summed E-state index contributed by atoms with van der Waals surface area (Å²) >= 11 is 0. The second kappa shape index (κ2) is 4.97. The summed E-state index contributed by atoms with van der Waals surface area (Å²) in [4.78, 5) is 2.53. The normalized spacial score (nSPS) is 31.2. The Labute approximate surface area is 108 Å². The minimum Gasteiger partial charge on any atom is -0.311 e. The van der Waals surface area contributed by atoms with Gasteiger partial charge in [-0.05, 0) is 39.2 Å². The van der Waals surface area contributed by atoms with E-state index in [4.69, 9.17) is 4.63 Å². The lowest BCUT2D eigenvalue weighted by molar-refractivity contribution is 0.137. The van der Waals surface area contributed by atoms with E-state index >= 15 is 0 Å². The lowest BCUT2D eigenvalue weighted by Gasteiger charge is -2.36. The van der Waals surface area contributed by atoms with Crippen LogP contribution in [0.1, 0.15) is 44.0 Å².